The zero-order valence-corrected chi connectivity index (χ0v) is 11.0. The molecule has 4 nitrogen and oxygen atoms in total. The van der Waals surface area contributed by atoms with Crippen molar-refractivity contribution in [3.63, 3.8) is 0 Å². The van der Waals surface area contributed by atoms with E-state index in [0.717, 1.165) is 16.7 Å². The van der Waals surface area contributed by atoms with Crippen molar-refractivity contribution in [2.75, 3.05) is 0 Å². The fourth-order valence-electron chi connectivity index (χ4n) is 3.23. The standard InChI is InChI=1S/C16H12N2O2/c1-10(19)20-14-7-11-3-2-4-13-12(8-17)5-6-16(14,9-18)15(11)13/h2-6,12,14H,7H2,1H3/t12-,14?,16-/m0/s1. The van der Waals surface area contributed by atoms with Gasteiger partial charge in [-0.15, -0.1) is 0 Å². The van der Waals surface area contributed by atoms with Gasteiger partial charge in [-0.3, -0.25) is 4.79 Å². The Hall–Kier alpha value is -2.59. The molecule has 98 valence electrons. The third-order valence-corrected chi connectivity index (χ3v) is 4.03. The van der Waals surface area contributed by atoms with E-state index in [2.05, 4.69) is 12.1 Å². The molecule has 0 spiro atoms. The van der Waals surface area contributed by atoms with Crippen molar-refractivity contribution < 1.29 is 9.53 Å². The van der Waals surface area contributed by atoms with Gasteiger partial charge < -0.3 is 4.74 Å². The van der Waals surface area contributed by atoms with Crippen molar-refractivity contribution in [1.82, 2.24) is 0 Å². The first-order valence-electron chi connectivity index (χ1n) is 6.42. The lowest BCUT2D eigenvalue weighted by atomic mass is 9.72. The summed E-state index contributed by atoms with van der Waals surface area (Å²) in [5.41, 5.74) is 1.73. The Morgan fingerprint density at radius 1 is 1.45 bits per heavy atom. The highest BCUT2D eigenvalue weighted by molar-refractivity contribution is 5.68. The van der Waals surface area contributed by atoms with Crippen molar-refractivity contribution in [3.05, 3.63) is 47.0 Å². The number of carbonyl (C=O) groups is 1. The minimum atomic E-state index is -0.953. The molecule has 0 fully saturated rings. The van der Waals surface area contributed by atoms with Crippen LogP contribution in [0.2, 0.25) is 0 Å². The maximum absolute atomic E-state index is 11.3. The number of carbonyl (C=O) groups excluding carboxylic acids is 1. The molecule has 0 heterocycles. The quantitative estimate of drug-likeness (QED) is 0.575. The molecule has 0 saturated carbocycles. The van der Waals surface area contributed by atoms with Gasteiger partial charge in [-0.05, 0) is 16.7 Å². The molecule has 0 bridgehead atoms. The fraction of sp³-hybridized carbons (Fsp3) is 0.312. The first kappa shape index (κ1) is 12.4. The second-order valence-electron chi connectivity index (χ2n) is 5.13. The number of benzene rings is 1. The second kappa shape index (κ2) is 4.21. The Labute approximate surface area is 116 Å². The van der Waals surface area contributed by atoms with E-state index in [9.17, 15) is 15.3 Å². The van der Waals surface area contributed by atoms with Gasteiger partial charge in [-0.1, -0.05) is 30.4 Å². The molecule has 3 rings (SSSR count). The van der Waals surface area contributed by atoms with Crippen LogP contribution in [0, 0.1) is 22.7 Å². The largest absolute Gasteiger partial charge is 0.460 e. The molecule has 3 atom stereocenters. The van der Waals surface area contributed by atoms with E-state index >= 15 is 0 Å². The van der Waals surface area contributed by atoms with Crippen molar-refractivity contribution in [2.45, 2.75) is 30.8 Å². The van der Waals surface area contributed by atoms with Gasteiger partial charge in [0.15, 0.2) is 0 Å². The topological polar surface area (TPSA) is 73.9 Å². The van der Waals surface area contributed by atoms with Gasteiger partial charge in [-0.25, -0.2) is 0 Å². The van der Waals surface area contributed by atoms with Crippen LogP contribution in [0.15, 0.2) is 30.4 Å². The van der Waals surface area contributed by atoms with Gasteiger partial charge in [0.25, 0.3) is 0 Å². The van der Waals surface area contributed by atoms with Crippen LogP contribution in [-0.2, 0) is 21.4 Å². The van der Waals surface area contributed by atoms with E-state index in [1.165, 1.54) is 6.92 Å². The van der Waals surface area contributed by atoms with E-state index in [1.54, 1.807) is 12.2 Å². The second-order valence-corrected chi connectivity index (χ2v) is 5.13. The summed E-state index contributed by atoms with van der Waals surface area (Å²) in [6.07, 6.45) is 3.46. The maximum Gasteiger partial charge on any atom is 0.302 e. The van der Waals surface area contributed by atoms with Gasteiger partial charge in [0, 0.05) is 13.3 Å². The SMILES string of the molecule is CC(=O)OC1Cc2cccc3c2[C@]1(C#N)C=C[C@H]3C#N. The predicted octanol–water partition coefficient (Wildman–Crippen LogP) is 2.11. The molecule has 0 amide bonds. The lowest BCUT2D eigenvalue weighted by molar-refractivity contribution is -0.147. The molecule has 0 radical (unpaired) electrons. The van der Waals surface area contributed by atoms with Gasteiger partial charge in [-0.2, -0.15) is 10.5 Å². The molecule has 0 saturated heterocycles. The molecule has 0 aromatic heterocycles. The lowest BCUT2D eigenvalue weighted by Gasteiger charge is -2.31. The molecule has 1 aromatic carbocycles. The predicted molar refractivity (Wildman–Crippen MR) is 70.5 cm³/mol. The highest BCUT2D eigenvalue weighted by Crippen LogP contribution is 2.48. The van der Waals surface area contributed by atoms with Crippen molar-refractivity contribution in [1.29, 1.82) is 10.5 Å². The summed E-state index contributed by atoms with van der Waals surface area (Å²) in [4.78, 5) is 11.3. The van der Waals surface area contributed by atoms with Crippen molar-refractivity contribution in [2.24, 2.45) is 0 Å². The summed E-state index contributed by atoms with van der Waals surface area (Å²) in [5, 5.41) is 18.9. The van der Waals surface area contributed by atoms with Crippen LogP contribution in [-0.4, -0.2) is 12.1 Å². The van der Waals surface area contributed by atoms with Gasteiger partial charge in [0.2, 0.25) is 0 Å². The number of nitrogens with zero attached hydrogens (tertiary/aromatic N) is 2. The van der Waals surface area contributed by atoms with Gasteiger partial charge in [0.1, 0.15) is 11.5 Å². The molecule has 2 aliphatic rings. The number of rotatable bonds is 1. The van der Waals surface area contributed by atoms with Crippen LogP contribution in [0.3, 0.4) is 0 Å². The number of hydrogen-bond donors (Lipinski definition) is 0. The zero-order valence-electron chi connectivity index (χ0n) is 11.0. The summed E-state index contributed by atoms with van der Waals surface area (Å²) in [6.45, 7) is 1.35. The average molecular weight is 264 g/mol. The highest BCUT2D eigenvalue weighted by atomic mass is 16.5. The summed E-state index contributed by atoms with van der Waals surface area (Å²) >= 11 is 0. The van der Waals surface area contributed by atoms with Crippen LogP contribution >= 0.6 is 0 Å². The first-order chi connectivity index (χ1) is 9.62. The van der Waals surface area contributed by atoms with Crippen molar-refractivity contribution in [3.8, 4) is 12.1 Å². The van der Waals surface area contributed by atoms with Crippen molar-refractivity contribution >= 4 is 5.97 Å². The highest BCUT2D eigenvalue weighted by Gasteiger charge is 2.51. The smallest absolute Gasteiger partial charge is 0.302 e. The summed E-state index contributed by atoms with van der Waals surface area (Å²) < 4.78 is 5.35. The molecule has 4 heteroatoms. The van der Waals surface area contributed by atoms with Crippen LogP contribution in [0.5, 0.6) is 0 Å². The Kier molecular flexibility index (Phi) is 2.62. The molecule has 20 heavy (non-hydrogen) atoms. The van der Waals surface area contributed by atoms with Gasteiger partial charge >= 0.3 is 5.97 Å². The molecule has 0 aliphatic heterocycles. The minimum Gasteiger partial charge on any atom is -0.460 e. The first-order valence-corrected chi connectivity index (χ1v) is 6.42. The monoisotopic (exact) mass is 264 g/mol. The van der Waals surface area contributed by atoms with E-state index in [1.807, 2.05) is 18.2 Å². The summed E-state index contributed by atoms with van der Waals surface area (Å²) in [5.74, 6) is -0.739. The summed E-state index contributed by atoms with van der Waals surface area (Å²) in [7, 11) is 0. The number of nitriles is 2. The third-order valence-electron chi connectivity index (χ3n) is 4.03. The average Bonchev–Trinajstić information content (AvgIpc) is 2.75. The Bertz CT molecular complexity index is 708. The Morgan fingerprint density at radius 2 is 2.25 bits per heavy atom. The number of hydrogen-bond acceptors (Lipinski definition) is 4. The minimum absolute atomic E-state index is 0.345. The number of esters is 1. The molecule has 1 aromatic rings. The van der Waals surface area contributed by atoms with E-state index in [4.69, 9.17) is 4.74 Å². The fourth-order valence-corrected chi connectivity index (χ4v) is 3.23. The molecule has 2 aliphatic carbocycles. The Morgan fingerprint density at radius 3 is 2.90 bits per heavy atom. The van der Waals surface area contributed by atoms with Crippen LogP contribution in [0.25, 0.3) is 0 Å². The normalized spacial score (nSPS) is 29.1. The third kappa shape index (κ3) is 1.49. The van der Waals surface area contributed by atoms with E-state index in [0.29, 0.717) is 6.42 Å². The lowest BCUT2D eigenvalue weighted by Crippen LogP contribution is -2.38. The number of ether oxygens (including phenoxy) is 1. The zero-order chi connectivity index (χ0) is 14.3. The number of allylic oxidation sites excluding steroid dienone is 1. The van der Waals surface area contributed by atoms with Crippen LogP contribution in [0.4, 0.5) is 0 Å². The molecular weight excluding hydrogens is 252 g/mol. The molecule has 1 unspecified atom stereocenters. The van der Waals surface area contributed by atoms with Gasteiger partial charge in [0.05, 0.1) is 18.1 Å². The maximum atomic E-state index is 11.3. The molecule has 0 N–H and O–H groups in total. The Balaban J connectivity index is 2.22. The van der Waals surface area contributed by atoms with Crippen LogP contribution < -0.4 is 0 Å². The summed E-state index contributed by atoms with van der Waals surface area (Å²) in [6, 6.07) is 10.2. The van der Waals surface area contributed by atoms with E-state index < -0.39 is 17.5 Å². The van der Waals surface area contributed by atoms with Crippen LogP contribution in [0.1, 0.15) is 29.5 Å². The van der Waals surface area contributed by atoms with E-state index in [-0.39, 0.29) is 5.92 Å². The molecular formula is C16H12N2O2.